The van der Waals surface area contributed by atoms with Gasteiger partial charge in [0.15, 0.2) is 0 Å². The molecule has 0 aliphatic heterocycles. The quantitative estimate of drug-likeness (QED) is 0.768. The molecule has 1 N–H and O–H groups in total. The number of rotatable bonds is 5. The summed E-state index contributed by atoms with van der Waals surface area (Å²) in [6.07, 6.45) is 2.12. The third-order valence-corrected chi connectivity index (χ3v) is 3.75. The second-order valence-corrected chi connectivity index (χ2v) is 5.47. The maximum atomic E-state index is 5.86. The molecule has 0 fully saturated rings. The van der Waals surface area contributed by atoms with E-state index in [9.17, 15) is 0 Å². The van der Waals surface area contributed by atoms with E-state index in [0.717, 1.165) is 28.2 Å². The molecular weight excluding hydrogens is 322 g/mol. The second-order valence-electron chi connectivity index (χ2n) is 4.18. The molecule has 2 rings (SSSR count). The van der Waals surface area contributed by atoms with E-state index in [-0.39, 0.29) is 0 Å². The van der Waals surface area contributed by atoms with Crippen molar-refractivity contribution in [1.29, 1.82) is 0 Å². The molecule has 0 unspecified atom stereocenters. The summed E-state index contributed by atoms with van der Waals surface area (Å²) in [5.41, 5.74) is 2.42. The van der Waals surface area contributed by atoms with Crippen LogP contribution in [-0.4, -0.2) is 6.54 Å². The Bertz CT molecular complexity index is 534. The van der Waals surface area contributed by atoms with Gasteiger partial charge in [-0.25, -0.2) is 0 Å². The lowest BCUT2D eigenvalue weighted by Gasteiger charge is -2.03. The van der Waals surface area contributed by atoms with Crippen LogP contribution in [0.5, 0.6) is 0 Å². The summed E-state index contributed by atoms with van der Waals surface area (Å²) in [6, 6.07) is 18.1. The van der Waals surface area contributed by atoms with Crippen molar-refractivity contribution < 1.29 is 0 Å². The van der Waals surface area contributed by atoms with Crippen molar-refractivity contribution in [2.75, 3.05) is 6.54 Å². The number of benzene rings is 2. The average Bonchev–Trinajstić information content (AvgIpc) is 2.45. The Morgan fingerprint density at radius 3 is 2.42 bits per heavy atom. The van der Waals surface area contributed by atoms with Crippen LogP contribution in [0.15, 0.2) is 60.7 Å². The molecule has 0 saturated heterocycles. The van der Waals surface area contributed by atoms with E-state index in [1.807, 2.05) is 30.3 Å². The summed E-state index contributed by atoms with van der Waals surface area (Å²) in [7, 11) is 0. The van der Waals surface area contributed by atoms with Crippen LogP contribution in [0.1, 0.15) is 11.1 Å². The fourth-order valence-electron chi connectivity index (χ4n) is 1.70. The van der Waals surface area contributed by atoms with Crippen molar-refractivity contribution in [3.63, 3.8) is 0 Å². The van der Waals surface area contributed by atoms with Gasteiger partial charge in [0.25, 0.3) is 0 Å². The minimum absolute atomic E-state index is 0.756. The predicted molar refractivity (Wildman–Crippen MR) is 86.5 cm³/mol. The van der Waals surface area contributed by atoms with Crippen LogP contribution in [0.25, 0.3) is 4.48 Å². The van der Waals surface area contributed by atoms with Gasteiger partial charge in [0, 0.05) is 22.6 Å². The topological polar surface area (TPSA) is 12.0 Å². The molecule has 2 aromatic carbocycles. The van der Waals surface area contributed by atoms with Crippen LogP contribution >= 0.6 is 27.5 Å². The van der Waals surface area contributed by atoms with Gasteiger partial charge >= 0.3 is 0 Å². The fraction of sp³-hybridized carbons (Fsp3) is 0.125. The van der Waals surface area contributed by atoms with Crippen molar-refractivity contribution in [2.45, 2.75) is 6.54 Å². The highest BCUT2D eigenvalue weighted by Gasteiger charge is 1.97. The molecule has 2 aromatic rings. The van der Waals surface area contributed by atoms with Crippen LogP contribution in [0, 0.1) is 0 Å². The highest BCUT2D eigenvalue weighted by atomic mass is 79.9. The zero-order valence-corrected chi connectivity index (χ0v) is 12.8. The van der Waals surface area contributed by atoms with Gasteiger partial charge in [-0.3, -0.25) is 0 Å². The molecule has 0 aliphatic rings. The molecule has 1 nitrogen and oxygen atoms in total. The SMILES string of the molecule is Clc1ccc(/C(Br)=C/CNCc2ccccc2)cc1. The van der Waals surface area contributed by atoms with Crippen molar-refractivity contribution in [1.82, 2.24) is 5.32 Å². The monoisotopic (exact) mass is 335 g/mol. The van der Waals surface area contributed by atoms with E-state index in [0.29, 0.717) is 0 Å². The first-order valence-corrected chi connectivity index (χ1v) is 7.29. The van der Waals surface area contributed by atoms with Crippen molar-refractivity contribution in [2.24, 2.45) is 0 Å². The summed E-state index contributed by atoms with van der Waals surface area (Å²) in [4.78, 5) is 0. The van der Waals surface area contributed by atoms with Gasteiger partial charge in [0.1, 0.15) is 0 Å². The van der Waals surface area contributed by atoms with Crippen LogP contribution in [0.2, 0.25) is 5.02 Å². The highest BCUT2D eigenvalue weighted by molar-refractivity contribution is 9.15. The summed E-state index contributed by atoms with van der Waals surface area (Å²) in [5, 5.41) is 4.14. The van der Waals surface area contributed by atoms with Crippen molar-refractivity contribution in [3.05, 3.63) is 76.8 Å². The first-order chi connectivity index (χ1) is 9.25. The van der Waals surface area contributed by atoms with Crippen LogP contribution < -0.4 is 5.32 Å². The van der Waals surface area contributed by atoms with Gasteiger partial charge in [-0.1, -0.05) is 76.1 Å². The van der Waals surface area contributed by atoms with E-state index < -0.39 is 0 Å². The third kappa shape index (κ3) is 4.83. The standard InChI is InChI=1S/C16H15BrClN/c17-16(14-6-8-15(18)9-7-14)10-11-19-12-13-4-2-1-3-5-13/h1-10,19H,11-12H2/b16-10-. The Morgan fingerprint density at radius 1 is 1.05 bits per heavy atom. The van der Waals surface area contributed by atoms with E-state index in [1.165, 1.54) is 5.56 Å². The zero-order chi connectivity index (χ0) is 13.5. The molecule has 3 heteroatoms. The molecular formula is C16H15BrClN. The molecule has 19 heavy (non-hydrogen) atoms. The molecule has 0 heterocycles. The number of hydrogen-bond acceptors (Lipinski definition) is 1. The number of hydrogen-bond donors (Lipinski definition) is 1. The van der Waals surface area contributed by atoms with E-state index in [4.69, 9.17) is 11.6 Å². The van der Waals surface area contributed by atoms with E-state index >= 15 is 0 Å². The maximum absolute atomic E-state index is 5.86. The van der Waals surface area contributed by atoms with Gasteiger partial charge in [0.05, 0.1) is 0 Å². The first kappa shape index (κ1) is 14.3. The molecule has 0 atom stereocenters. The first-order valence-electron chi connectivity index (χ1n) is 6.12. The lowest BCUT2D eigenvalue weighted by Crippen LogP contribution is -2.12. The van der Waals surface area contributed by atoms with Crippen molar-refractivity contribution >= 4 is 32.0 Å². The molecule has 98 valence electrons. The Hall–Kier alpha value is -1.09. The molecule has 0 bridgehead atoms. The second kappa shape index (κ2) is 7.49. The summed E-state index contributed by atoms with van der Waals surface area (Å²) < 4.78 is 1.07. The smallest absolute Gasteiger partial charge is 0.0406 e. The van der Waals surface area contributed by atoms with Gasteiger partial charge in [-0.2, -0.15) is 0 Å². The number of halogens is 2. The predicted octanol–water partition coefficient (Wildman–Crippen LogP) is 4.87. The molecule has 0 spiro atoms. The zero-order valence-electron chi connectivity index (χ0n) is 10.4. The van der Waals surface area contributed by atoms with Gasteiger partial charge < -0.3 is 5.32 Å². The minimum atomic E-state index is 0.756. The molecule has 0 amide bonds. The Labute approximate surface area is 127 Å². The van der Waals surface area contributed by atoms with Gasteiger partial charge in [-0.15, -0.1) is 0 Å². The third-order valence-electron chi connectivity index (χ3n) is 2.72. The molecule has 0 aliphatic carbocycles. The molecule has 0 saturated carbocycles. The van der Waals surface area contributed by atoms with Crippen molar-refractivity contribution in [3.8, 4) is 0 Å². The summed E-state index contributed by atoms with van der Waals surface area (Å²) in [6.45, 7) is 1.69. The summed E-state index contributed by atoms with van der Waals surface area (Å²) >= 11 is 9.44. The fourth-order valence-corrected chi connectivity index (χ4v) is 2.25. The lowest BCUT2D eigenvalue weighted by atomic mass is 10.2. The van der Waals surface area contributed by atoms with Gasteiger partial charge in [-0.05, 0) is 23.3 Å². The van der Waals surface area contributed by atoms with E-state index in [1.54, 1.807) is 0 Å². The lowest BCUT2D eigenvalue weighted by molar-refractivity contribution is 0.761. The molecule has 0 aromatic heterocycles. The molecule has 0 radical (unpaired) electrons. The van der Waals surface area contributed by atoms with Crippen LogP contribution in [-0.2, 0) is 6.54 Å². The van der Waals surface area contributed by atoms with Crippen LogP contribution in [0.4, 0.5) is 0 Å². The normalized spacial score (nSPS) is 11.6. The minimum Gasteiger partial charge on any atom is -0.309 e. The summed E-state index contributed by atoms with van der Waals surface area (Å²) in [5.74, 6) is 0. The van der Waals surface area contributed by atoms with Crippen LogP contribution in [0.3, 0.4) is 0 Å². The Balaban J connectivity index is 1.84. The van der Waals surface area contributed by atoms with E-state index in [2.05, 4.69) is 51.6 Å². The Kier molecular flexibility index (Phi) is 5.64. The largest absolute Gasteiger partial charge is 0.309 e. The number of nitrogens with one attached hydrogen (secondary N) is 1. The van der Waals surface area contributed by atoms with Gasteiger partial charge in [0.2, 0.25) is 0 Å². The maximum Gasteiger partial charge on any atom is 0.0406 e. The Morgan fingerprint density at radius 2 is 1.74 bits per heavy atom. The highest BCUT2D eigenvalue weighted by Crippen LogP contribution is 2.22. The average molecular weight is 337 g/mol.